The largest absolute Gasteiger partial charge is 0.313 e. The third-order valence-electron chi connectivity index (χ3n) is 1.61. The molecule has 15 heavy (non-hydrogen) atoms. The quantitative estimate of drug-likeness (QED) is 0.252. The minimum Gasteiger partial charge on any atom is -0.313 e. The summed E-state index contributed by atoms with van der Waals surface area (Å²) in [6, 6.07) is -0.701. The number of hydrogen-bond acceptors (Lipinski definition) is 6. The Morgan fingerprint density at radius 3 is 3.13 bits per heavy atom. The second kappa shape index (κ2) is 5.13. The van der Waals surface area contributed by atoms with Gasteiger partial charge in [-0.15, -0.1) is 21.5 Å². The van der Waals surface area contributed by atoms with E-state index >= 15 is 0 Å². The fourth-order valence-electron chi connectivity index (χ4n) is 0.986. The molecule has 0 saturated heterocycles. The third kappa shape index (κ3) is 3.08. The predicted octanol–water partition coefficient (Wildman–Crippen LogP) is 2.01. The Balaban J connectivity index is 2.79. The maximum Gasteiger partial charge on any atom is 0.294 e. The highest BCUT2D eigenvalue weighted by atomic mass is 32.1. The molecule has 1 rings (SSSR count). The summed E-state index contributed by atoms with van der Waals surface area (Å²) in [5.41, 5.74) is 10.6. The van der Waals surface area contributed by atoms with Crippen LogP contribution in [0.2, 0.25) is 0 Å². The average Bonchev–Trinajstić information content (AvgIpc) is 2.59. The number of hydrogen-bond donors (Lipinski definition) is 0. The fourth-order valence-corrected chi connectivity index (χ4v) is 1.81. The summed E-state index contributed by atoms with van der Waals surface area (Å²) in [4.78, 5) is 21.4. The molecular weight excluding hydrogens is 222 g/mol. The maximum absolute atomic E-state index is 10.00. The van der Waals surface area contributed by atoms with Crippen molar-refractivity contribution in [1.82, 2.24) is 4.98 Å². The monoisotopic (exact) mass is 229 g/mol. The molecule has 0 aliphatic rings. The van der Waals surface area contributed by atoms with Crippen LogP contribution in [0.1, 0.15) is 16.6 Å². The summed E-state index contributed by atoms with van der Waals surface area (Å²) in [6.07, 6.45) is 0. The summed E-state index contributed by atoms with van der Waals surface area (Å²) >= 11 is 1.27. The Morgan fingerprint density at radius 1 is 1.93 bits per heavy atom. The van der Waals surface area contributed by atoms with E-state index in [9.17, 15) is 10.1 Å². The lowest BCUT2D eigenvalue weighted by atomic mass is 10.2. The van der Waals surface area contributed by atoms with Gasteiger partial charge in [0, 0.05) is 9.79 Å². The fraction of sp³-hybridized carbons (Fsp3) is 0.500. The molecule has 80 valence electrons. The molecule has 1 aromatic rings. The predicted molar refractivity (Wildman–Crippen MR) is 51.7 cm³/mol. The van der Waals surface area contributed by atoms with Crippen molar-refractivity contribution in [3.8, 4) is 0 Å². The summed E-state index contributed by atoms with van der Waals surface area (Å²) in [5, 5.41) is 12.5. The Hall–Kier alpha value is -1.86. The van der Waals surface area contributed by atoms with Crippen molar-refractivity contribution in [2.45, 2.75) is 13.0 Å². The molecule has 8 nitrogen and oxygen atoms in total. The van der Waals surface area contributed by atoms with E-state index in [1.165, 1.54) is 11.3 Å². The molecule has 1 heterocycles. The second-order valence-corrected chi connectivity index (χ2v) is 3.43. The number of azide groups is 1. The van der Waals surface area contributed by atoms with Gasteiger partial charge in [-0.1, -0.05) is 5.11 Å². The molecule has 0 saturated carbocycles. The SMILES string of the molecule is Cc1ncsc1C(CO[N+](=O)[O-])N=[N+]=[N-]. The van der Waals surface area contributed by atoms with Crippen molar-refractivity contribution in [3.63, 3.8) is 0 Å². The van der Waals surface area contributed by atoms with E-state index in [-0.39, 0.29) is 6.61 Å². The number of nitrogens with zero attached hydrogens (tertiary/aromatic N) is 5. The molecule has 0 spiro atoms. The van der Waals surface area contributed by atoms with Gasteiger partial charge in [0.05, 0.1) is 17.2 Å². The first-order chi connectivity index (χ1) is 7.15. The normalized spacial score (nSPS) is 11.5. The van der Waals surface area contributed by atoms with Gasteiger partial charge in [0.15, 0.2) is 0 Å². The number of rotatable bonds is 5. The molecule has 0 aliphatic heterocycles. The molecule has 0 N–H and O–H groups in total. The molecule has 1 unspecified atom stereocenters. The summed E-state index contributed by atoms with van der Waals surface area (Å²) in [6.45, 7) is 1.44. The van der Waals surface area contributed by atoms with Crippen molar-refractivity contribution in [1.29, 1.82) is 0 Å². The van der Waals surface area contributed by atoms with E-state index in [4.69, 9.17) is 5.53 Å². The van der Waals surface area contributed by atoms with Crippen LogP contribution in [-0.2, 0) is 4.84 Å². The number of aryl methyl sites for hydroxylation is 1. The van der Waals surface area contributed by atoms with Crippen molar-refractivity contribution < 1.29 is 9.92 Å². The standard InChI is InChI=1S/C6H7N5O3S/c1-4-6(15-3-8-4)5(9-10-7)2-14-11(12)13/h3,5H,2H2,1H3. The summed E-state index contributed by atoms with van der Waals surface area (Å²) in [5.74, 6) is 0. The van der Waals surface area contributed by atoms with Crippen molar-refractivity contribution in [3.05, 3.63) is 36.6 Å². The molecular formula is C6H7N5O3S. The van der Waals surface area contributed by atoms with E-state index in [0.29, 0.717) is 10.6 Å². The smallest absolute Gasteiger partial charge is 0.294 e. The Labute approximate surface area is 88.2 Å². The highest BCUT2D eigenvalue weighted by molar-refractivity contribution is 7.09. The van der Waals surface area contributed by atoms with Crippen LogP contribution >= 0.6 is 11.3 Å². The van der Waals surface area contributed by atoms with Crippen LogP contribution in [0.4, 0.5) is 0 Å². The van der Waals surface area contributed by atoms with Gasteiger partial charge in [0.1, 0.15) is 6.61 Å². The van der Waals surface area contributed by atoms with Gasteiger partial charge in [-0.25, -0.2) is 4.98 Å². The van der Waals surface area contributed by atoms with Crippen LogP contribution in [0.15, 0.2) is 10.6 Å². The zero-order valence-electron chi connectivity index (χ0n) is 7.73. The van der Waals surface area contributed by atoms with Crippen LogP contribution in [0.3, 0.4) is 0 Å². The second-order valence-electron chi connectivity index (χ2n) is 2.54. The van der Waals surface area contributed by atoms with E-state index < -0.39 is 11.1 Å². The van der Waals surface area contributed by atoms with E-state index in [2.05, 4.69) is 19.8 Å². The zero-order chi connectivity index (χ0) is 11.3. The molecule has 0 radical (unpaired) electrons. The number of thiazole rings is 1. The Morgan fingerprint density at radius 2 is 2.67 bits per heavy atom. The van der Waals surface area contributed by atoms with Gasteiger partial charge in [-0.3, -0.25) is 0 Å². The van der Waals surface area contributed by atoms with Gasteiger partial charge >= 0.3 is 0 Å². The first-order valence-corrected chi connectivity index (χ1v) is 4.74. The zero-order valence-corrected chi connectivity index (χ0v) is 8.55. The van der Waals surface area contributed by atoms with E-state index in [1.807, 2.05) is 0 Å². The highest BCUT2D eigenvalue weighted by Crippen LogP contribution is 2.25. The van der Waals surface area contributed by atoms with Gasteiger partial charge < -0.3 is 4.84 Å². The lowest BCUT2D eigenvalue weighted by molar-refractivity contribution is -0.758. The van der Waals surface area contributed by atoms with E-state index in [1.54, 1.807) is 12.4 Å². The first kappa shape index (κ1) is 11.2. The highest BCUT2D eigenvalue weighted by Gasteiger charge is 2.16. The summed E-state index contributed by atoms with van der Waals surface area (Å²) < 4.78 is 0. The van der Waals surface area contributed by atoms with Crippen molar-refractivity contribution >= 4 is 11.3 Å². The summed E-state index contributed by atoms with van der Waals surface area (Å²) in [7, 11) is 0. The van der Waals surface area contributed by atoms with Gasteiger partial charge in [0.2, 0.25) is 0 Å². The van der Waals surface area contributed by atoms with Crippen LogP contribution in [0.25, 0.3) is 10.4 Å². The van der Waals surface area contributed by atoms with Crippen LogP contribution in [0, 0.1) is 17.0 Å². The molecule has 1 atom stereocenters. The first-order valence-electron chi connectivity index (χ1n) is 3.86. The molecule has 0 fully saturated rings. The molecule has 0 bridgehead atoms. The molecule has 0 amide bonds. The van der Waals surface area contributed by atoms with Gasteiger partial charge in [-0.05, 0) is 12.5 Å². The van der Waals surface area contributed by atoms with Crippen LogP contribution in [0.5, 0.6) is 0 Å². The Bertz CT molecular complexity index is 399. The minimum atomic E-state index is -0.920. The van der Waals surface area contributed by atoms with Crippen LogP contribution in [-0.4, -0.2) is 16.7 Å². The topological polar surface area (TPSA) is 114 Å². The lowest BCUT2D eigenvalue weighted by Gasteiger charge is -2.07. The average molecular weight is 229 g/mol. The molecule has 0 aliphatic carbocycles. The minimum absolute atomic E-state index is 0.292. The van der Waals surface area contributed by atoms with E-state index in [0.717, 1.165) is 0 Å². The molecule has 1 aromatic heterocycles. The van der Waals surface area contributed by atoms with Crippen molar-refractivity contribution in [2.75, 3.05) is 6.61 Å². The van der Waals surface area contributed by atoms with Gasteiger partial charge in [-0.2, -0.15) is 0 Å². The van der Waals surface area contributed by atoms with Gasteiger partial charge in [0.25, 0.3) is 5.09 Å². The van der Waals surface area contributed by atoms with Crippen molar-refractivity contribution in [2.24, 2.45) is 5.11 Å². The maximum atomic E-state index is 10.00. The van der Waals surface area contributed by atoms with Crippen LogP contribution < -0.4 is 0 Å². The number of aromatic nitrogens is 1. The lowest BCUT2D eigenvalue weighted by Crippen LogP contribution is -2.09. The molecule has 0 aromatic carbocycles. The third-order valence-corrected chi connectivity index (χ3v) is 2.65. The molecule has 9 heteroatoms. The Kier molecular flexibility index (Phi) is 3.83.